The summed E-state index contributed by atoms with van der Waals surface area (Å²) in [7, 11) is 0. The van der Waals surface area contributed by atoms with Gasteiger partial charge in [0.15, 0.2) is 12.2 Å². The van der Waals surface area contributed by atoms with E-state index in [2.05, 4.69) is 0 Å². The standard InChI is InChI=1S/C6H10F2O6/c7-6(8,2(10)1-9)4(12)3(11)5(13)14/h2-4,9-12H,1H2,(H,13,14)/t2-,3-,4-/m1/s1. The molecule has 3 atom stereocenters. The van der Waals surface area contributed by atoms with Gasteiger partial charge in [-0.2, -0.15) is 0 Å². The lowest BCUT2D eigenvalue weighted by molar-refractivity contribution is -0.215. The van der Waals surface area contributed by atoms with Gasteiger partial charge in [0.25, 0.3) is 0 Å². The molecule has 0 spiro atoms. The number of hydrogen-bond acceptors (Lipinski definition) is 5. The number of aliphatic carboxylic acids is 1. The first-order valence-corrected chi connectivity index (χ1v) is 3.50. The van der Waals surface area contributed by atoms with Crippen LogP contribution in [0.3, 0.4) is 0 Å². The van der Waals surface area contributed by atoms with E-state index in [4.69, 9.17) is 25.5 Å². The fraction of sp³-hybridized carbons (Fsp3) is 0.833. The second kappa shape index (κ2) is 4.60. The van der Waals surface area contributed by atoms with E-state index in [1.165, 1.54) is 0 Å². The molecule has 5 N–H and O–H groups in total. The van der Waals surface area contributed by atoms with Crippen molar-refractivity contribution in [2.24, 2.45) is 0 Å². The van der Waals surface area contributed by atoms with Crippen LogP contribution >= 0.6 is 0 Å². The first-order valence-electron chi connectivity index (χ1n) is 3.50. The smallest absolute Gasteiger partial charge is 0.335 e. The van der Waals surface area contributed by atoms with Gasteiger partial charge in [-0.05, 0) is 0 Å². The Balaban J connectivity index is 4.64. The molecule has 0 heterocycles. The quantitative estimate of drug-likeness (QED) is 0.355. The Bertz CT molecular complexity index is 208. The molecular weight excluding hydrogens is 206 g/mol. The van der Waals surface area contributed by atoms with Crippen molar-refractivity contribution >= 4 is 5.97 Å². The van der Waals surface area contributed by atoms with Gasteiger partial charge in [-0.3, -0.25) is 0 Å². The highest BCUT2D eigenvalue weighted by Crippen LogP contribution is 2.25. The zero-order valence-electron chi connectivity index (χ0n) is 6.84. The minimum absolute atomic E-state index is 1.36. The van der Waals surface area contributed by atoms with E-state index in [0.29, 0.717) is 0 Å². The average molecular weight is 216 g/mol. The highest BCUT2D eigenvalue weighted by Gasteiger charge is 2.50. The molecule has 0 radical (unpaired) electrons. The summed E-state index contributed by atoms with van der Waals surface area (Å²) in [6.45, 7) is -1.36. The number of aliphatic hydroxyl groups is 4. The Hall–Kier alpha value is -0.830. The molecule has 0 aromatic rings. The van der Waals surface area contributed by atoms with Gasteiger partial charge in [-0.1, -0.05) is 0 Å². The molecule has 0 unspecified atom stereocenters. The van der Waals surface area contributed by atoms with E-state index < -0.39 is 36.8 Å². The first kappa shape index (κ1) is 13.2. The van der Waals surface area contributed by atoms with Crippen LogP contribution in [0, 0.1) is 0 Å². The molecule has 0 saturated carbocycles. The Morgan fingerprint density at radius 1 is 1.29 bits per heavy atom. The van der Waals surface area contributed by atoms with Crippen molar-refractivity contribution in [3.05, 3.63) is 0 Å². The van der Waals surface area contributed by atoms with E-state index in [0.717, 1.165) is 0 Å². The van der Waals surface area contributed by atoms with Crippen LogP contribution in [-0.2, 0) is 4.79 Å². The third-order valence-electron chi connectivity index (χ3n) is 1.56. The predicted octanol–water partition coefficient (Wildman–Crippen LogP) is -2.22. The number of carboxylic acid groups (broad SMARTS) is 1. The third kappa shape index (κ3) is 2.58. The fourth-order valence-corrected chi connectivity index (χ4v) is 0.664. The zero-order valence-corrected chi connectivity index (χ0v) is 6.84. The number of aliphatic hydroxyl groups excluding tert-OH is 4. The number of alkyl halides is 2. The van der Waals surface area contributed by atoms with Gasteiger partial charge >= 0.3 is 11.9 Å². The van der Waals surface area contributed by atoms with E-state index in [-0.39, 0.29) is 0 Å². The summed E-state index contributed by atoms with van der Waals surface area (Å²) in [4.78, 5) is 10.0. The van der Waals surface area contributed by atoms with Crippen molar-refractivity contribution < 1.29 is 39.1 Å². The second-order valence-electron chi connectivity index (χ2n) is 2.60. The summed E-state index contributed by atoms with van der Waals surface area (Å²) < 4.78 is 25.5. The van der Waals surface area contributed by atoms with Crippen molar-refractivity contribution in [1.82, 2.24) is 0 Å². The Morgan fingerprint density at radius 2 is 1.71 bits per heavy atom. The van der Waals surface area contributed by atoms with Gasteiger partial charge in [0.05, 0.1) is 6.61 Å². The monoisotopic (exact) mass is 216 g/mol. The molecule has 0 aliphatic heterocycles. The van der Waals surface area contributed by atoms with Crippen molar-refractivity contribution in [2.45, 2.75) is 24.2 Å². The topological polar surface area (TPSA) is 118 Å². The van der Waals surface area contributed by atoms with E-state index in [1.54, 1.807) is 0 Å². The summed E-state index contributed by atoms with van der Waals surface area (Å²) >= 11 is 0. The second-order valence-corrected chi connectivity index (χ2v) is 2.60. The van der Waals surface area contributed by atoms with Crippen LogP contribution in [0.15, 0.2) is 0 Å². The average Bonchev–Trinajstić information content (AvgIpc) is 2.13. The molecule has 0 rings (SSSR count). The van der Waals surface area contributed by atoms with Gasteiger partial charge in [-0.15, -0.1) is 0 Å². The highest BCUT2D eigenvalue weighted by molar-refractivity contribution is 5.72. The van der Waals surface area contributed by atoms with E-state index in [9.17, 15) is 13.6 Å². The molecule has 0 amide bonds. The summed E-state index contributed by atoms with van der Waals surface area (Å²) in [6.07, 6.45) is -8.35. The summed E-state index contributed by atoms with van der Waals surface area (Å²) in [5.41, 5.74) is 0. The van der Waals surface area contributed by atoms with Crippen molar-refractivity contribution in [3.8, 4) is 0 Å². The van der Waals surface area contributed by atoms with Gasteiger partial charge in [-0.25, -0.2) is 13.6 Å². The molecule has 6 nitrogen and oxygen atoms in total. The summed E-state index contributed by atoms with van der Waals surface area (Å²) in [5, 5.41) is 42.0. The Kier molecular flexibility index (Phi) is 4.33. The molecule has 84 valence electrons. The van der Waals surface area contributed by atoms with Gasteiger partial charge < -0.3 is 25.5 Å². The van der Waals surface area contributed by atoms with Crippen LogP contribution in [0.25, 0.3) is 0 Å². The van der Waals surface area contributed by atoms with Gasteiger partial charge in [0, 0.05) is 0 Å². The maximum absolute atomic E-state index is 12.7. The largest absolute Gasteiger partial charge is 0.479 e. The SMILES string of the molecule is O=C(O)[C@H](O)[C@@H](O)C(F)(F)[C@H](O)CO. The number of halogens is 2. The number of carbonyl (C=O) groups is 1. The minimum Gasteiger partial charge on any atom is -0.479 e. The molecule has 0 aliphatic rings. The maximum Gasteiger partial charge on any atom is 0.335 e. The van der Waals surface area contributed by atoms with Crippen LogP contribution in [0.2, 0.25) is 0 Å². The zero-order chi connectivity index (χ0) is 11.5. The first-order chi connectivity index (χ1) is 6.25. The number of carboxylic acids is 1. The molecule has 8 heteroatoms. The molecule has 0 aliphatic carbocycles. The lowest BCUT2D eigenvalue weighted by Gasteiger charge is -2.27. The number of hydrogen-bond donors (Lipinski definition) is 5. The molecule has 0 aromatic heterocycles. The molecule has 0 aromatic carbocycles. The normalized spacial score (nSPS) is 18.7. The van der Waals surface area contributed by atoms with E-state index in [1.807, 2.05) is 0 Å². The lowest BCUT2D eigenvalue weighted by Crippen LogP contribution is -2.53. The molecular formula is C6H10F2O6. The molecule has 0 bridgehead atoms. The number of rotatable bonds is 5. The lowest BCUT2D eigenvalue weighted by atomic mass is 10.0. The third-order valence-corrected chi connectivity index (χ3v) is 1.56. The predicted molar refractivity (Wildman–Crippen MR) is 37.7 cm³/mol. The highest BCUT2D eigenvalue weighted by atomic mass is 19.3. The molecule has 0 fully saturated rings. The van der Waals surface area contributed by atoms with E-state index >= 15 is 0 Å². The fourth-order valence-electron chi connectivity index (χ4n) is 0.664. The molecule has 14 heavy (non-hydrogen) atoms. The van der Waals surface area contributed by atoms with Crippen LogP contribution in [0.1, 0.15) is 0 Å². The minimum atomic E-state index is -4.30. The van der Waals surface area contributed by atoms with Crippen LogP contribution < -0.4 is 0 Å². The van der Waals surface area contributed by atoms with Crippen LogP contribution in [0.5, 0.6) is 0 Å². The summed E-state index contributed by atoms with van der Waals surface area (Å²) in [6, 6.07) is 0. The molecule has 0 saturated heterocycles. The Labute approximate surface area is 77.0 Å². The van der Waals surface area contributed by atoms with Crippen LogP contribution in [-0.4, -0.2) is 62.3 Å². The van der Waals surface area contributed by atoms with Gasteiger partial charge in [0.1, 0.15) is 6.10 Å². The van der Waals surface area contributed by atoms with Crippen molar-refractivity contribution in [1.29, 1.82) is 0 Å². The van der Waals surface area contributed by atoms with Crippen molar-refractivity contribution in [3.63, 3.8) is 0 Å². The summed E-state index contributed by atoms with van der Waals surface area (Å²) in [5.74, 6) is -6.35. The van der Waals surface area contributed by atoms with Crippen molar-refractivity contribution in [2.75, 3.05) is 6.61 Å². The van der Waals surface area contributed by atoms with Gasteiger partial charge in [0.2, 0.25) is 0 Å². The van der Waals surface area contributed by atoms with Crippen LogP contribution in [0.4, 0.5) is 8.78 Å². The Morgan fingerprint density at radius 3 is 2.00 bits per heavy atom. The maximum atomic E-state index is 12.7.